The number of amides is 1. The highest BCUT2D eigenvalue weighted by molar-refractivity contribution is 5.81. The van der Waals surface area contributed by atoms with E-state index in [9.17, 15) is 4.79 Å². The number of piperidine rings is 1. The van der Waals surface area contributed by atoms with Crippen molar-refractivity contribution in [1.82, 2.24) is 25.2 Å². The van der Waals surface area contributed by atoms with Gasteiger partial charge in [0.15, 0.2) is 0 Å². The first-order chi connectivity index (χ1) is 17.0. The van der Waals surface area contributed by atoms with E-state index in [0.717, 1.165) is 55.6 Å². The first-order valence-electron chi connectivity index (χ1n) is 13.1. The van der Waals surface area contributed by atoms with E-state index in [2.05, 4.69) is 69.3 Å². The minimum absolute atomic E-state index is 0.0345. The Balaban J connectivity index is 1.27. The molecule has 3 heterocycles. The standard InChI is InChI=1S/C28H38N6O/c1-21-8-9-25-24(18-21)32-26(34(25)20-27(35)31-22-6-4-3-5-7-22)19-30-28(2)12-16-33(17-13-28)23-10-14-29-15-11-23/h8-11,14-15,18,22,30H,3-7,12-13,16-17,19-20H2,1-2H3,(H,31,35). The van der Waals surface area contributed by atoms with Crippen LogP contribution in [0.4, 0.5) is 5.69 Å². The molecule has 2 N–H and O–H groups in total. The second-order valence-electron chi connectivity index (χ2n) is 10.6. The van der Waals surface area contributed by atoms with E-state index in [0.29, 0.717) is 19.1 Å². The van der Waals surface area contributed by atoms with Crippen molar-refractivity contribution in [3.05, 3.63) is 54.1 Å². The lowest BCUT2D eigenvalue weighted by Crippen LogP contribution is -2.51. The number of hydrogen-bond acceptors (Lipinski definition) is 5. The molecule has 186 valence electrons. The Hall–Kier alpha value is -2.93. The van der Waals surface area contributed by atoms with Crippen LogP contribution >= 0.6 is 0 Å². The molecule has 0 radical (unpaired) electrons. The maximum atomic E-state index is 13.0. The van der Waals surface area contributed by atoms with Crippen LogP contribution in [0.1, 0.15) is 63.3 Å². The van der Waals surface area contributed by atoms with Gasteiger partial charge in [-0.3, -0.25) is 9.78 Å². The van der Waals surface area contributed by atoms with E-state index in [4.69, 9.17) is 4.98 Å². The van der Waals surface area contributed by atoms with Crippen molar-refractivity contribution in [1.29, 1.82) is 0 Å². The fraction of sp³-hybridized carbons (Fsp3) is 0.536. The van der Waals surface area contributed by atoms with E-state index in [1.54, 1.807) is 0 Å². The van der Waals surface area contributed by atoms with Crippen LogP contribution in [0.2, 0.25) is 0 Å². The number of hydrogen-bond donors (Lipinski definition) is 2. The lowest BCUT2D eigenvalue weighted by molar-refractivity contribution is -0.122. The number of fused-ring (bicyclic) bond motifs is 1. The predicted molar refractivity (Wildman–Crippen MR) is 140 cm³/mol. The Morgan fingerprint density at radius 1 is 1.09 bits per heavy atom. The summed E-state index contributed by atoms with van der Waals surface area (Å²) in [6.45, 7) is 7.38. The van der Waals surface area contributed by atoms with Gasteiger partial charge in [-0.1, -0.05) is 25.3 Å². The maximum absolute atomic E-state index is 13.0. The highest BCUT2D eigenvalue weighted by atomic mass is 16.2. The van der Waals surface area contributed by atoms with Crippen LogP contribution < -0.4 is 15.5 Å². The molecule has 1 saturated carbocycles. The number of nitrogens with one attached hydrogen (secondary N) is 2. The Morgan fingerprint density at radius 3 is 2.57 bits per heavy atom. The summed E-state index contributed by atoms with van der Waals surface area (Å²) in [5.41, 5.74) is 4.45. The van der Waals surface area contributed by atoms with Gasteiger partial charge in [0.25, 0.3) is 0 Å². The van der Waals surface area contributed by atoms with E-state index in [-0.39, 0.29) is 11.4 Å². The molecule has 0 unspecified atom stereocenters. The number of benzene rings is 1. The minimum Gasteiger partial charge on any atom is -0.371 e. The zero-order valence-electron chi connectivity index (χ0n) is 21.1. The summed E-state index contributed by atoms with van der Waals surface area (Å²) in [4.78, 5) is 24.5. The van der Waals surface area contributed by atoms with Crippen LogP contribution in [0.5, 0.6) is 0 Å². The third-order valence-corrected chi connectivity index (χ3v) is 7.82. The first kappa shape index (κ1) is 23.8. The van der Waals surface area contributed by atoms with Crippen LogP contribution in [0.25, 0.3) is 11.0 Å². The van der Waals surface area contributed by atoms with Crippen LogP contribution in [0.3, 0.4) is 0 Å². The molecule has 2 aromatic heterocycles. The molecule has 0 atom stereocenters. The van der Waals surface area contributed by atoms with Crippen molar-refractivity contribution >= 4 is 22.6 Å². The third-order valence-electron chi connectivity index (χ3n) is 7.82. The van der Waals surface area contributed by atoms with Crippen LogP contribution in [0, 0.1) is 6.92 Å². The SMILES string of the molecule is Cc1ccc2c(c1)nc(CNC1(C)CCN(c3ccncc3)CC1)n2CC(=O)NC1CCCCC1. The van der Waals surface area contributed by atoms with Gasteiger partial charge in [-0.2, -0.15) is 0 Å². The van der Waals surface area contributed by atoms with E-state index in [1.807, 2.05) is 12.4 Å². The van der Waals surface area contributed by atoms with Gasteiger partial charge in [-0.15, -0.1) is 0 Å². The van der Waals surface area contributed by atoms with Crippen molar-refractivity contribution in [3.63, 3.8) is 0 Å². The molecular weight excluding hydrogens is 436 g/mol. The molecule has 3 aromatic rings. The Morgan fingerprint density at radius 2 is 1.83 bits per heavy atom. The molecule has 1 amide bonds. The number of nitrogens with zero attached hydrogens (tertiary/aromatic N) is 4. The Bertz CT molecular complexity index is 1140. The molecule has 1 aliphatic heterocycles. The topological polar surface area (TPSA) is 75.1 Å². The molecule has 1 aromatic carbocycles. The van der Waals surface area contributed by atoms with Crippen molar-refractivity contribution in [2.45, 2.75) is 83.5 Å². The van der Waals surface area contributed by atoms with Gasteiger partial charge in [0, 0.05) is 42.8 Å². The molecule has 2 fully saturated rings. The summed E-state index contributed by atoms with van der Waals surface area (Å²) in [7, 11) is 0. The number of aryl methyl sites for hydroxylation is 1. The summed E-state index contributed by atoms with van der Waals surface area (Å²) < 4.78 is 2.11. The molecule has 5 rings (SSSR count). The summed E-state index contributed by atoms with van der Waals surface area (Å²) in [5.74, 6) is 1.03. The molecule has 35 heavy (non-hydrogen) atoms. The van der Waals surface area contributed by atoms with Gasteiger partial charge >= 0.3 is 0 Å². The highest BCUT2D eigenvalue weighted by Crippen LogP contribution is 2.27. The smallest absolute Gasteiger partial charge is 0.240 e. The Labute approximate surface area is 208 Å². The van der Waals surface area contributed by atoms with Gasteiger partial charge in [-0.05, 0) is 69.4 Å². The number of imidazole rings is 1. The van der Waals surface area contributed by atoms with E-state index in [1.165, 1.54) is 30.5 Å². The van der Waals surface area contributed by atoms with Gasteiger partial charge in [0.05, 0.1) is 17.6 Å². The van der Waals surface area contributed by atoms with Crippen LogP contribution in [0.15, 0.2) is 42.7 Å². The monoisotopic (exact) mass is 474 g/mol. The summed E-state index contributed by atoms with van der Waals surface area (Å²) in [5, 5.41) is 7.08. The number of carbonyl (C=O) groups excluding carboxylic acids is 1. The zero-order chi connectivity index (χ0) is 24.3. The molecule has 7 nitrogen and oxygen atoms in total. The van der Waals surface area contributed by atoms with Crippen molar-refractivity contribution in [2.24, 2.45) is 0 Å². The summed E-state index contributed by atoms with van der Waals surface area (Å²) in [6.07, 6.45) is 11.7. The minimum atomic E-state index is 0.0345. The second kappa shape index (κ2) is 10.4. The van der Waals surface area contributed by atoms with Crippen LogP contribution in [-0.2, 0) is 17.9 Å². The number of aromatic nitrogens is 3. The normalized spacial score (nSPS) is 18.6. The summed E-state index contributed by atoms with van der Waals surface area (Å²) in [6, 6.07) is 10.8. The largest absolute Gasteiger partial charge is 0.371 e. The van der Waals surface area contributed by atoms with Crippen molar-refractivity contribution < 1.29 is 4.79 Å². The molecule has 2 aliphatic rings. The van der Waals surface area contributed by atoms with Gasteiger partial charge in [-0.25, -0.2) is 4.98 Å². The lowest BCUT2D eigenvalue weighted by atomic mass is 9.89. The quantitative estimate of drug-likeness (QED) is 0.533. The molecule has 0 spiro atoms. The van der Waals surface area contributed by atoms with Crippen molar-refractivity contribution in [3.8, 4) is 0 Å². The average molecular weight is 475 g/mol. The molecule has 7 heteroatoms. The van der Waals surface area contributed by atoms with Gasteiger partial charge in [0.1, 0.15) is 12.4 Å². The number of carbonyl (C=O) groups is 1. The second-order valence-corrected chi connectivity index (χ2v) is 10.6. The van der Waals surface area contributed by atoms with Gasteiger partial charge < -0.3 is 20.1 Å². The predicted octanol–water partition coefficient (Wildman–Crippen LogP) is 4.34. The zero-order valence-corrected chi connectivity index (χ0v) is 21.1. The number of anilines is 1. The van der Waals surface area contributed by atoms with Crippen molar-refractivity contribution in [2.75, 3.05) is 18.0 Å². The fourth-order valence-electron chi connectivity index (χ4n) is 5.55. The average Bonchev–Trinajstić information content (AvgIpc) is 3.20. The molecular formula is C28H38N6O. The number of pyridine rings is 1. The fourth-order valence-corrected chi connectivity index (χ4v) is 5.55. The third kappa shape index (κ3) is 5.67. The first-order valence-corrected chi connectivity index (χ1v) is 13.1. The highest BCUT2D eigenvalue weighted by Gasteiger charge is 2.30. The molecule has 1 aliphatic carbocycles. The summed E-state index contributed by atoms with van der Waals surface area (Å²) >= 11 is 0. The Kier molecular flexibility index (Phi) is 7.04. The lowest BCUT2D eigenvalue weighted by Gasteiger charge is -2.41. The van der Waals surface area contributed by atoms with Gasteiger partial charge in [0.2, 0.25) is 5.91 Å². The van der Waals surface area contributed by atoms with E-state index >= 15 is 0 Å². The van der Waals surface area contributed by atoms with E-state index < -0.39 is 0 Å². The molecule has 1 saturated heterocycles. The number of rotatable bonds is 7. The maximum Gasteiger partial charge on any atom is 0.240 e. The van der Waals surface area contributed by atoms with Crippen LogP contribution in [-0.4, -0.2) is 45.1 Å². The molecule has 0 bridgehead atoms.